The molecule has 90 valence electrons. The van der Waals surface area contributed by atoms with Crippen molar-refractivity contribution < 1.29 is 13.9 Å². The van der Waals surface area contributed by atoms with Crippen LogP contribution in [0, 0.1) is 5.92 Å². The number of carbonyl (C=O) groups is 1. The summed E-state index contributed by atoms with van der Waals surface area (Å²) in [5.74, 6) is 0.834. The topological polar surface area (TPSA) is 51.5 Å². The number of ether oxygens (including phenoxy) is 1. The Labute approximate surface area is 96.0 Å². The SMILES string of the molecule is CCC(C)C(NCc1ccco1)C(=O)OC. The van der Waals surface area contributed by atoms with Crippen LogP contribution in [0.15, 0.2) is 22.8 Å². The quantitative estimate of drug-likeness (QED) is 0.752. The summed E-state index contributed by atoms with van der Waals surface area (Å²) < 4.78 is 9.97. The Hall–Kier alpha value is -1.29. The molecule has 1 rings (SSSR count). The van der Waals surface area contributed by atoms with Crippen molar-refractivity contribution in [1.29, 1.82) is 0 Å². The first-order valence-corrected chi connectivity index (χ1v) is 5.52. The molecule has 1 N–H and O–H groups in total. The second-order valence-corrected chi connectivity index (χ2v) is 3.85. The van der Waals surface area contributed by atoms with Gasteiger partial charge in [0.2, 0.25) is 0 Å². The number of methoxy groups -OCH3 is 1. The maximum Gasteiger partial charge on any atom is 0.323 e. The molecule has 0 radical (unpaired) electrons. The van der Waals surface area contributed by atoms with Crippen LogP contribution in [0.2, 0.25) is 0 Å². The summed E-state index contributed by atoms with van der Waals surface area (Å²) in [4.78, 5) is 11.6. The van der Waals surface area contributed by atoms with Crippen LogP contribution in [0.5, 0.6) is 0 Å². The molecule has 0 saturated carbocycles. The minimum Gasteiger partial charge on any atom is -0.468 e. The summed E-state index contributed by atoms with van der Waals surface area (Å²) in [6.07, 6.45) is 2.54. The molecule has 4 heteroatoms. The second kappa shape index (κ2) is 6.33. The molecule has 0 bridgehead atoms. The Morgan fingerprint density at radius 1 is 1.62 bits per heavy atom. The van der Waals surface area contributed by atoms with Gasteiger partial charge >= 0.3 is 5.97 Å². The van der Waals surface area contributed by atoms with E-state index in [1.54, 1.807) is 6.26 Å². The molecule has 1 heterocycles. The van der Waals surface area contributed by atoms with Crippen LogP contribution in [-0.4, -0.2) is 19.1 Å². The Morgan fingerprint density at radius 2 is 2.38 bits per heavy atom. The molecule has 0 aromatic carbocycles. The highest BCUT2D eigenvalue weighted by molar-refractivity contribution is 5.75. The van der Waals surface area contributed by atoms with Gasteiger partial charge in [-0.1, -0.05) is 20.3 Å². The van der Waals surface area contributed by atoms with E-state index in [0.29, 0.717) is 6.54 Å². The largest absolute Gasteiger partial charge is 0.468 e. The summed E-state index contributed by atoms with van der Waals surface area (Å²) in [6.45, 7) is 4.61. The molecule has 0 aliphatic carbocycles. The first-order valence-electron chi connectivity index (χ1n) is 5.52. The van der Waals surface area contributed by atoms with Crippen molar-refractivity contribution in [3.63, 3.8) is 0 Å². The number of hydrogen-bond acceptors (Lipinski definition) is 4. The number of rotatable bonds is 6. The highest BCUT2D eigenvalue weighted by Crippen LogP contribution is 2.10. The molecular formula is C12H19NO3. The van der Waals surface area contributed by atoms with Gasteiger partial charge in [0.1, 0.15) is 11.8 Å². The van der Waals surface area contributed by atoms with Crippen molar-refractivity contribution in [2.45, 2.75) is 32.9 Å². The molecule has 0 saturated heterocycles. The van der Waals surface area contributed by atoms with Crippen LogP contribution in [0.1, 0.15) is 26.0 Å². The highest BCUT2D eigenvalue weighted by Gasteiger charge is 2.24. The summed E-state index contributed by atoms with van der Waals surface area (Å²) in [6, 6.07) is 3.42. The molecule has 0 fully saturated rings. The van der Waals surface area contributed by atoms with Crippen molar-refractivity contribution in [3.05, 3.63) is 24.2 Å². The third-order valence-electron chi connectivity index (χ3n) is 2.74. The van der Waals surface area contributed by atoms with Crippen LogP contribution >= 0.6 is 0 Å². The van der Waals surface area contributed by atoms with E-state index in [9.17, 15) is 4.79 Å². The lowest BCUT2D eigenvalue weighted by molar-refractivity contribution is -0.144. The number of esters is 1. The number of furan rings is 1. The lowest BCUT2D eigenvalue weighted by atomic mass is 9.99. The maximum atomic E-state index is 11.6. The predicted octanol–water partition coefficient (Wildman–Crippen LogP) is 1.96. The number of hydrogen-bond donors (Lipinski definition) is 1. The lowest BCUT2D eigenvalue weighted by Gasteiger charge is -2.21. The summed E-state index contributed by atoms with van der Waals surface area (Å²) in [5, 5.41) is 3.16. The molecule has 4 nitrogen and oxygen atoms in total. The molecule has 0 aliphatic heterocycles. The fraction of sp³-hybridized carbons (Fsp3) is 0.583. The zero-order chi connectivity index (χ0) is 12.0. The molecular weight excluding hydrogens is 206 g/mol. The van der Waals surface area contributed by atoms with Crippen molar-refractivity contribution in [2.75, 3.05) is 7.11 Å². The normalized spacial score (nSPS) is 14.4. The van der Waals surface area contributed by atoms with Gasteiger partial charge in [0.05, 0.1) is 19.9 Å². The average Bonchev–Trinajstić information content (AvgIpc) is 2.81. The zero-order valence-electron chi connectivity index (χ0n) is 10.0. The Balaban J connectivity index is 2.53. The molecule has 2 unspecified atom stereocenters. The van der Waals surface area contributed by atoms with Gasteiger partial charge in [-0.25, -0.2) is 0 Å². The van der Waals surface area contributed by atoms with E-state index in [4.69, 9.17) is 9.15 Å². The van der Waals surface area contributed by atoms with Crippen LogP contribution in [0.4, 0.5) is 0 Å². The smallest absolute Gasteiger partial charge is 0.323 e. The minimum absolute atomic E-state index is 0.221. The van der Waals surface area contributed by atoms with Gasteiger partial charge in [-0.05, 0) is 18.1 Å². The molecule has 1 aromatic rings. The summed E-state index contributed by atoms with van der Waals surface area (Å²) >= 11 is 0. The van der Waals surface area contributed by atoms with E-state index in [-0.39, 0.29) is 17.9 Å². The molecule has 16 heavy (non-hydrogen) atoms. The van der Waals surface area contributed by atoms with Crippen molar-refractivity contribution in [1.82, 2.24) is 5.32 Å². The first kappa shape index (κ1) is 12.8. The molecule has 0 spiro atoms. The van der Waals surface area contributed by atoms with Gasteiger partial charge < -0.3 is 9.15 Å². The van der Waals surface area contributed by atoms with Gasteiger partial charge in [-0.2, -0.15) is 0 Å². The monoisotopic (exact) mass is 225 g/mol. The molecule has 2 atom stereocenters. The van der Waals surface area contributed by atoms with Crippen molar-refractivity contribution in [3.8, 4) is 0 Å². The van der Waals surface area contributed by atoms with E-state index in [1.165, 1.54) is 7.11 Å². The second-order valence-electron chi connectivity index (χ2n) is 3.85. The van der Waals surface area contributed by atoms with Crippen LogP contribution in [0.3, 0.4) is 0 Å². The minimum atomic E-state index is -0.278. The molecule has 0 aliphatic rings. The highest BCUT2D eigenvalue weighted by atomic mass is 16.5. The van der Waals surface area contributed by atoms with Gasteiger partial charge in [0, 0.05) is 0 Å². The van der Waals surface area contributed by atoms with Crippen LogP contribution in [-0.2, 0) is 16.1 Å². The third-order valence-corrected chi connectivity index (χ3v) is 2.74. The summed E-state index contributed by atoms with van der Waals surface area (Å²) in [5.41, 5.74) is 0. The van der Waals surface area contributed by atoms with Crippen molar-refractivity contribution >= 4 is 5.97 Å². The van der Waals surface area contributed by atoms with E-state index in [2.05, 4.69) is 12.2 Å². The predicted molar refractivity (Wildman–Crippen MR) is 60.8 cm³/mol. The third kappa shape index (κ3) is 3.38. The van der Waals surface area contributed by atoms with E-state index in [1.807, 2.05) is 19.1 Å². The zero-order valence-corrected chi connectivity index (χ0v) is 10.0. The Bertz CT molecular complexity index is 308. The van der Waals surface area contributed by atoms with Crippen molar-refractivity contribution in [2.24, 2.45) is 5.92 Å². The van der Waals surface area contributed by atoms with E-state index in [0.717, 1.165) is 12.2 Å². The summed E-state index contributed by atoms with van der Waals surface area (Å²) in [7, 11) is 1.41. The number of nitrogens with one attached hydrogen (secondary N) is 1. The fourth-order valence-electron chi connectivity index (χ4n) is 1.50. The number of carbonyl (C=O) groups excluding carboxylic acids is 1. The maximum absolute atomic E-state index is 11.6. The lowest BCUT2D eigenvalue weighted by Crippen LogP contribution is -2.42. The standard InChI is InChI=1S/C12H19NO3/c1-4-9(2)11(12(14)15-3)13-8-10-6-5-7-16-10/h5-7,9,11,13H,4,8H2,1-3H3. The molecule has 0 amide bonds. The van der Waals surface area contributed by atoms with Gasteiger partial charge in [0.25, 0.3) is 0 Å². The average molecular weight is 225 g/mol. The van der Waals surface area contributed by atoms with Crippen LogP contribution < -0.4 is 5.32 Å². The Morgan fingerprint density at radius 3 is 2.88 bits per heavy atom. The van der Waals surface area contributed by atoms with Gasteiger partial charge in [0.15, 0.2) is 0 Å². The Kier molecular flexibility index (Phi) is 5.05. The van der Waals surface area contributed by atoms with E-state index < -0.39 is 0 Å². The van der Waals surface area contributed by atoms with Gasteiger partial charge in [-0.3, -0.25) is 10.1 Å². The molecule has 1 aromatic heterocycles. The van der Waals surface area contributed by atoms with E-state index >= 15 is 0 Å². The first-order chi connectivity index (χ1) is 7.69. The van der Waals surface area contributed by atoms with Crippen LogP contribution in [0.25, 0.3) is 0 Å². The fourth-order valence-corrected chi connectivity index (χ4v) is 1.50. The van der Waals surface area contributed by atoms with Gasteiger partial charge in [-0.15, -0.1) is 0 Å².